The Kier molecular flexibility index (Phi) is 3.60. The first-order valence-corrected chi connectivity index (χ1v) is 3.25. The van der Waals surface area contributed by atoms with Gasteiger partial charge in [0.1, 0.15) is 13.2 Å². The molecule has 0 amide bonds. The summed E-state index contributed by atoms with van der Waals surface area (Å²) in [6, 6.07) is 0. The minimum absolute atomic E-state index is 0.767. The van der Waals surface area contributed by atoms with Crippen LogP contribution in [0.3, 0.4) is 0 Å². The Morgan fingerprint density at radius 1 is 1.38 bits per heavy atom. The van der Waals surface area contributed by atoms with Gasteiger partial charge in [-0.15, -0.1) is 0 Å². The van der Waals surface area contributed by atoms with E-state index in [1.54, 1.807) is 0 Å². The smallest absolute Gasteiger partial charge is 0.110 e. The molecule has 0 heterocycles. The fourth-order valence-electron chi connectivity index (χ4n) is 0.308. The van der Waals surface area contributed by atoms with Gasteiger partial charge < -0.3 is 8.31 Å². The maximum absolute atomic E-state index is 4.71. The summed E-state index contributed by atoms with van der Waals surface area (Å²) in [6.45, 7) is 1.80. The van der Waals surface area contributed by atoms with Gasteiger partial charge in [-0.3, -0.25) is 0 Å². The fraction of sp³-hybridized carbons (Fsp3) is 1.00. The molecule has 2 nitrogen and oxygen atoms in total. The summed E-state index contributed by atoms with van der Waals surface area (Å²) in [5, 5.41) is 0. The molecule has 0 atom stereocenters. The number of nitrogens with zero attached hydrogens (tertiary/aromatic N) is 1. The third-order valence-electron chi connectivity index (χ3n) is 0.839. The quantitative estimate of drug-likeness (QED) is 0.593. The third kappa shape index (κ3) is 6.40. The SMILES string of the molecule is C[N+](C)(C)CCOBr. The van der Waals surface area contributed by atoms with Crippen LogP contribution in [0.1, 0.15) is 0 Å². The van der Waals surface area contributed by atoms with Crippen molar-refractivity contribution in [2.24, 2.45) is 0 Å². The molecule has 0 aromatic heterocycles. The average molecular weight is 183 g/mol. The van der Waals surface area contributed by atoms with E-state index in [4.69, 9.17) is 3.83 Å². The van der Waals surface area contributed by atoms with Crippen LogP contribution in [0.2, 0.25) is 0 Å². The van der Waals surface area contributed by atoms with Gasteiger partial charge >= 0.3 is 0 Å². The lowest BCUT2D eigenvalue weighted by Gasteiger charge is -2.22. The second-order valence-electron chi connectivity index (χ2n) is 2.83. The van der Waals surface area contributed by atoms with E-state index in [9.17, 15) is 0 Å². The van der Waals surface area contributed by atoms with Gasteiger partial charge in [-0.05, 0) is 0 Å². The molecule has 0 N–H and O–H groups in total. The zero-order chi connectivity index (χ0) is 6.62. The van der Waals surface area contributed by atoms with Gasteiger partial charge in [-0.1, -0.05) is 0 Å². The van der Waals surface area contributed by atoms with Crippen molar-refractivity contribution in [3.63, 3.8) is 0 Å². The Labute approximate surface area is 59.5 Å². The molecule has 0 saturated heterocycles. The van der Waals surface area contributed by atoms with Crippen molar-refractivity contribution in [1.82, 2.24) is 0 Å². The highest BCUT2D eigenvalue weighted by atomic mass is 79.9. The molecule has 0 spiro atoms. The lowest BCUT2D eigenvalue weighted by Crippen LogP contribution is -2.37. The van der Waals surface area contributed by atoms with E-state index < -0.39 is 0 Å². The molecule has 0 fully saturated rings. The summed E-state index contributed by atoms with van der Waals surface area (Å²) in [4.78, 5) is 0. The summed E-state index contributed by atoms with van der Waals surface area (Å²) in [6.07, 6.45) is 0. The highest BCUT2D eigenvalue weighted by molar-refractivity contribution is 9.06. The largest absolute Gasteiger partial charge is 0.329 e. The molecule has 0 aliphatic heterocycles. The van der Waals surface area contributed by atoms with Gasteiger partial charge in [0.25, 0.3) is 0 Å². The number of quaternary nitrogens is 1. The molecule has 0 aliphatic carbocycles. The van der Waals surface area contributed by atoms with E-state index >= 15 is 0 Å². The monoisotopic (exact) mass is 182 g/mol. The lowest BCUT2D eigenvalue weighted by atomic mass is 10.5. The average Bonchev–Trinajstić information content (AvgIpc) is 1.59. The highest BCUT2D eigenvalue weighted by Gasteiger charge is 2.04. The molecule has 0 saturated carbocycles. The summed E-state index contributed by atoms with van der Waals surface area (Å²) in [5.74, 6) is 0. The molecule has 0 radical (unpaired) electrons. The summed E-state index contributed by atoms with van der Waals surface area (Å²) >= 11 is 2.89. The lowest BCUT2D eigenvalue weighted by molar-refractivity contribution is -0.870. The maximum atomic E-state index is 4.71. The zero-order valence-corrected chi connectivity index (χ0v) is 7.23. The minimum atomic E-state index is 0.767. The normalized spacial score (nSPS) is 12.0. The van der Waals surface area contributed by atoms with Crippen LogP contribution in [-0.4, -0.2) is 38.8 Å². The topological polar surface area (TPSA) is 9.23 Å². The number of hydrogen-bond donors (Lipinski definition) is 0. The van der Waals surface area contributed by atoms with E-state index in [1.807, 2.05) is 0 Å². The third-order valence-corrected chi connectivity index (χ3v) is 1.16. The zero-order valence-electron chi connectivity index (χ0n) is 5.65. The van der Waals surface area contributed by atoms with Crippen LogP contribution in [0.25, 0.3) is 0 Å². The van der Waals surface area contributed by atoms with Crippen molar-refractivity contribution in [1.29, 1.82) is 0 Å². The summed E-state index contributed by atoms with van der Waals surface area (Å²) in [5.41, 5.74) is 0. The molecule has 0 aliphatic rings. The maximum Gasteiger partial charge on any atom is 0.110 e. The molecule has 8 heavy (non-hydrogen) atoms. The second kappa shape index (κ2) is 3.43. The van der Waals surface area contributed by atoms with Crippen molar-refractivity contribution < 1.29 is 8.31 Å². The molecular formula is C5H13BrNO+. The minimum Gasteiger partial charge on any atom is -0.329 e. The first-order valence-electron chi connectivity index (χ1n) is 2.60. The molecule has 0 aromatic carbocycles. The number of rotatable bonds is 3. The number of hydrogen-bond acceptors (Lipinski definition) is 1. The Morgan fingerprint density at radius 2 is 1.88 bits per heavy atom. The van der Waals surface area contributed by atoms with Gasteiger partial charge in [0, 0.05) is 0 Å². The van der Waals surface area contributed by atoms with Crippen molar-refractivity contribution >= 4 is 16.3 Å². The van der Waals surface area contributed by atoms with Crippen molar-refractivity contribution in [3.8, 4) is 0 Å². The molecule has 50 valence electrons. The van der Waals surface area contributed by atoms with E-state index in [1.165, 1.54) is 0 Å². The predicted molar refractivity (Wildman–Crippen MR) is 37.8 cm³/mol. The van der Waals surface area contributed by atoms with Gasteiger partial charge in [-0.2, -0.15) is 0 Å². The van der Waals surface area contributed by atoms with Crippen LogP contribution in [0, 0.1) is 0 Å². The Balaban J connectivity index is 3.11. The molecule has 0 rings (SSSR count). The van der Waals surface area contributed by atoms with Gasteiger partial charge in [0.15, 0.2) is 0 Å². The Bertz CT molecular complexity index is 59.9. The van der Waals surface area contributed by atoms with E-state index in [-0.39, 0.29) is 0 Å². The summed E-state index contributed by atoms with van der Waals surface area (Å²) < 4.78 is 5.66. The Morgan fingerprint density at radius 3 is 2.00 bits per heavy atom. The molecule has 3 heteroatoms. The predicted octanol–water partition coefficient (Wildman–Crippen LogP) is 1.02. The van der Waals surface area contributed by atoms with Crippen LogP contribution in [0.4, 0.5) is 0 Å². The molecule has 0 aromatic rings. The first kappa shape index (κ1) is 8.40. The fourth-order valence-corrected chi connectivity index (χ4v) is 0.453. The van der Waals surface area contributed by atoms with E-state index in [0.717, 1.165) is 17.6 Å². The van der Waals surface area contributed by atoms with Crippen LogP contribution >= 0.6 is 16.3 Å². The van der Waals surface area contributed by atoms with Gasteiger partial charge in [0.2, 0.25) is 0 Å². The van der Waals surface area contributed by atoms with E-state index in [0.29, 0.717) is 0 Å². The van der Waals surface area contributed by atoms with Crippen LogP contribution in [-0.2, 0) is 3.83 Å². The number of halogens is 1. The summed E-state index contributed by atoms with van der Waals surface area (Å²) in [7, 11) is 6.39. The first-order chi connectivity index (χ1) is 3.56. The van der Waals surface area contributed by atoms with Crippen LogP contribution in [0.5, 0.6) is 0 Å². The van der Waals surface area contributed by atoms with Crippen LogP contribution < -0.4 is 0 Å². The second-order valence-corrected chi connectivity index (χ2v) is 3.29. The standard InChI is InChI=1S/C5H13BrNO/c1-7(2,3)4-5-8-6/h4-5H2,1-3H3/q+1. The van der Waals surface area contributed by atoms with Crippen LogP contribution in [0.15, 0.2) is 0 Å². The van der Waals surface area contributed by atoms with Crippen molar-refractivity contribution in [3.05, 3.63) is 0 Å². The highest BCUT2D eigenvalue weighted by Crippen LogP contribution is 1.91. The van der Waals surface area contributed by atoms with Gasteiger partial charge in [0.05, 0.1) is 37.4 Å². The Hall–Kier alpha value is 0.400. The van der Waals surface area contributed by atoms with Crippen molar-refractivity contribution in [2.75, 3.05) is 34.3 Å². The molecule has 0 bridgehead atoms. The van der Waals surface area contributed by atoms with Gasteiger partial charge in [-0.25, -0.2) is 0 Å². The molecular weight excluding hydrogens is 170 g/mol. The van der Waals surface area contributed by atoms with Crippen molar-refractivity contribution in [2.45, 2.75) is 0 Å². The van der Waals surface area contributed by atoms with E-state index in [2.05, 4.69) is 37.4 Å². The number of likely N-dealkylation sites (N-methyl/N-ethyl adjacent to an activating group) is 1. The molecule has 0 unspecified atom stereocenters.